The van der Waals surface area contributed by atoms with Crippen molar-refractivity contribution in [2.24, 2.45) is 0 Å². The van der Waals surface area contributed by atoms with Gasteiger partial charge in [0.25, 0.3) is 5.91 Å². The lowest BCUT2D eigenvalue weighted by atomic mass is 10.0. The van der Waals surface area contributed by atoms with E-state index in [1.54, 1.807) is 31.1 Å². The Hall–Kier alpha value is -3.86. The monoisotopic (exact) mass is 480 g/mol. The van der Waals surface area contributed by atoms with Crippen molar-refractivity contribution in [3.05, 3.63) is 48.3 Å². The highest BCUT2D eigenvalue weighted by molar-refractivity contribution is 6.22. The zero-order valence-electron chi connectivity index (χ0n) is 19.4. The zero-order chi connectivity index (χ0) is 24.5. The van der Waals surface area contributed by atoms with Gasteiger partial charge < -0.3 is 9.47 Å². The van der Waals surface area contributed by atoms with Crippen molar-refractivity contribution < 1.29 is 23.5 Å². The van der Waals surface area contributed by atoms with E-state index in [1.165, 1.54) is 24.3 Å². The largest absolute Gasteiger partial charge is 0.493 e. The number of carbonyl (C=O) groups excluding carboxylic acids is 2. The first-order valence-corrected chi connectivity index (χ1v) is 11.4. The molecule has 1 aromatic heterocycles. The van der Waals surface area contributed by atoms with Gasteiger partial charge in [0.2, 0.25) is 11.7 Å². The van der Waals surface area contributed by atoms with Crippen LogP contribution in [0, 0.1) is 5.82 Å². The Labute approximate surface area is 201 Å². The minimum atomic E-state index is -0.514. The minimum absolute atomic E-state index is 0.0352. The SMILES string of the molecule is COc1ccc(-c2nnn(C3CCN([C@H]4CC(=O)N(c5ccc(F)cc5)C4=O)CC3)n2)cc1OC. The zero-order valence-corrected chi connectivity index (χ0v) is 19.4. The van der Waals surface area contributed by atoms with Gasteiger partial charge in [-0.2, -0.15) is 4.80 Å². The van der Waals surface area contributed by atoms with E-state index in [1.807, 2.05) is 11.0 Å². The van der Waals surface area contributed by atoms with Gasteiger partial charge >= 0.3 is 0 Å². The summed E-state index contributed by atoms with van der Waals surface area (Å²) in [5.41, 5.74) is 1.16. The van der Waals surface area contributed by atoms with Crippen molar-refractivity contribution in [1.29, 1.82) is 0 Å². The number of piperidine rings is 1. The summed E-state index contributed by atoms with van der Waals surface area (Å²) < 4.78 is 23.9. The van der Waals surface area contributed by atoms with Crippen LogP contribution in [0.3, 0.4) is 0 Å². The van der Waals surface area contributed by atoms with Gasteiger partial charge in [0.05, 0.1) is 38.4 Å². The molecule has 1 atom stereocenters. The van der Waals surface area contributed by atoms with Gasteiger partial charge in [-0.25, -0.2) is 9.29 Å². The second-order valence-corrected chi connectivity index (χ2v) is 8.53. The molecule has 0 saturated carbocycles. The lowest BCUT2D eigenvalue weighted by Gasteiger charge is -2.34. The summed E-state index contributed by atoms with van der Waals surface area (Å²) in [5.74, 6) is 0.734. The maximum Gasteiger partial charge on any atom is 0.251 e. The molecule has 5 rings (SSSR count). The average Bonchev–Trinajstić information content (AvgIpc) is 3.49. The highest BCUT2D eigenvalue weighted by atomic mass is 19.1. The Morgan fingerprint density at radius 2 is 1.69 bits per heavy atom. The van der Waals surface area contributed by atoms with Crippen molar-refractivity contribution in [2.45, 2.75) is 31.3 Å². The lowest BCUT2D eigenvalue weighted by Crippen LogP contribution is -2.46. The first kappa shape index (κ1) is 22.9. The molecule has 0 aliphatic carbocycles. The Morgan fingerprint density at radius 3 is 2.37 bits per heavy atom. The van der Waals surface area contributed by atoms with Crippen molar-refractivity contribution in [3.63, 3.8) is 0 Å². The highest BCUT2D eigenvalue weighted by Gasteiger charge is 2.43. The Morgan fingerprint density at radius 1 is 0.971 bits per heavy atom. The van der Waals surface area contributed by atoms with Crippen LogP contribution >= 0.6 is 0 Å². The van der Waals surface area contributed by atoms with Crippen LogP contribution in [0.25, 0.3) is 11.4 Å². The van der Waals surface area contributed by atoms with Gasteiger partial charge in [-0.05, 0) is 60.5 Å². The van der Waals surface area contributed by atoms with Gasteiger partial charge in [0, 0.05) is 18.7 Å². The number of amides is 2. The predicted octanol–water partition coefficient (Wildman–Crippen LogP) is 2.47. The van der Waals surface area contributed by atoms with Crippen LogP contribution in [0.15, 0.2) is 42.5 Å². The Kier molecular flexibility index (Phi) is 6.16. The van der Waals surface area contributed by atoms with E-state index >= 15 is 0 Å². The number of nitrogens with zero attached hydrogens (tertiary/aromatic N) is 6. The molecule has 10 nitrogen and oxygen atoms in total. The number of benzene rings is 2. The molecule has 0 N–H and O–H groups in total. The number of methoxy groups -OCH3 is 2. The molecule has 0 radical (unpaired) electrons. The average molecular weight is 481 g/mol. The quantitative estimate of drug-likeness (QED) is 0.496. The number of hydrogen-bond acceptors (Lipinski definition) is 8. The molecule has 35 heavy (non-hydrogen) atoms. The fourth-order valence-corrected chi connectivity index (χ4v) is 4.66. The number of ether oxygens (including phenoxy) is 2. The topological polar surface area (TPSA) is 103 Å². The molecule has 182 valence electrons. The molecular formula is C24H25FN6O4. The normalized spacial score (nSPS) is 19.4. The fourth-order valence-electron chi connectivity index (χ4n) is 4.66. The van der Waals surface area contributed by atoms with Crippen LogP contribution in [0.1, 0.15) is 25.3 Å². The maximum absolute atomic E-state index is 13.3. The number of aromatic nitrogens is 4. The number of tetrazole rings is 1. The van der Waals surface area contributed by atoms with E-state index in [-0.39, 0.29) is 24.3 Å². The highest BCUT2D eigenvalue weighted by Crippen LogP contribution is 2.32. The van der Waals surface area contributed by atoms with Crippen molar-refractivity contribution in [3.8, 4) is 22.9 Å². The molecule has 2 aromatic carbocycles. The summed E-state index contributed by atoms with van der Waals surface area (Å²) in [5, 5.41) is 13.0. The number of carbonyl (C=O) groups is 2. The Bertz CT molecular complexity index is 1240. The number of likely N-dealkylation sites (tertiary alicyclic amines) is 1. The van der Waals surface area contributed by atoms with E-state index < -0.39 is 11.9 Å². The van der Waals surface area contributed by atoms with Crippen LogP contribution in [-0.2, 0) is 9.59 Å². The van der Waals surface area contributed by atoms with E-state index in [0.29, 0.717) is 36.1 Å². The third-order valence-electron chi connectivity index (χ3n) is 6.54. The standard InChI is InChI=1S/C24H25FN6O4/c1-34-20-8-3-15(13-21(20)35-2)23-26-28-31(27-23)18-9-11-29(12-10-18)19-14-22(32)30(24(19)33)17-6-4-16(25)5-7-17/h3-8,13,18-19H,9-12,14H2,1-2H3/t19-/m0/s1. The molecule has 0 bridgehead atoms. The first-order chi connectivity index (χ1) is 17.0. The number of hydrogen-bond donors (Lipinski definition) is 0. The molecule has 11 heteroatoms. The number of anilines is 1. The van der Waals surface area contributed by atoms with Crippen LogP contribution in [0.5, 0.6) is 11.5 Å². The van der Waals surface area contributed by atoms with E-state index in [0.717, 1.165) is 23.3 Å². The molecular weight excluding hydrogens is 455 g/mol. The molecule has 2 aliphatic heterocycles. The molecule has 0 unspecified atom stereocenters. The summed E-state index contributed by atoms with van der Waals surface area (Å²) in [6.07, 6.45) is 1.55. The summed E-state index contributed by atoms with van der Waals surface area (Å²) >= 11 is 0. The van der Waals surface area contributed by atoms with Crippen molar-refractivity contribution >= 4 is 17.5 Å². The van der Waals surface area contributed by atoms with Crippen LogP contribution < -0.4 is 14.4 Å². The van der Waals surface area contributed by atoms with E-state index in [9.17, 15) is 14.0 Å². The summed E-state index contributed by atoms with van der Waals surface area (Å²) in [7, 11) is 3.15. The minimum Gasteiger partial charge on any atom is -0.493 e. The molecule has 3 aromatic rings. The van der Waals surface area contributed by atoms with Gasteiger partial charge in [-0.15, -0.1) is 10.2 Å². The van der Waals surface area contributed by atoms with Gasteiger partial charge in [0.1, 0.15) is 5.82 Å². The second kappa shape index (κ2) is 9.41. The van der Waals surface area contributed by atoms with E-state index in [4.69, 9.17) is 9.47 Å². The van der Waals surface area contributed by atoms with Crippen LogP contribution in [0.2, 0.25) is 0 Å². The smallest absolute Gasteiger partial charge is 0.251 e. The van der Waals surface area contributed by atoms with Crippen molar-refractivity contribution in [2.75, 3.05) is 32.2 Å². The summed E-state index contributed by atoms with van der Waals surface area (Å²) in [6, 6.07) is 10.4. The molecule has 2 saturated heterocycles. The fraction of sp³-hybridized carbons (Fsp3) is 0.375. The molecule has 3 heterocycles. The van der Waals surface area contributed by atoms with Gasteiger partial charge in [0.15, 0.2) is 11.5 Å². The molecule has 2 fully saturated rings. The third kappa shape index (κ3) is 4.34. The molecule has 2 aliphatic rings. The van der Waals surface area contributed by atoms with Gasteiger partial charge in [-0.1, -0.05) is 0 Å². The number of imide groups is 1. The first-order valence-electron chi connectivity index (χ1n) is 11.4. The predicted molar refractivity (Wildman–Crippen MR) is 123 cm³/mol. The summed E-state index contributed by atoms with van der Waals surface area (Å²) in [6.45, 7) is 1.25. The third-order valence-corrected chi connectivity index (χ3v) is 6.54. The van der Waals surface area contributed by atoms with Crippen LogP contribution in [-0.4, -0.2) is 70.3 Å². The summed E-state index contributed by atoms with van der Waals surface area (Å²) in [4.78, 5) is 30.4. The lowest BCUT2D eigenvalue weighted by molar-refractivity contribution is -0.123. The van der Waals surface area contributed by atoms with E-state index in [2.05, 4.69) is 15.4 Å². The second-order valence-electron chi connectivity index (χ2n) is 8.53. The molecule has 2 amide bonds. The van der Waals surface area contributed by atoms with Gasteiger partial charge in [-0.3, -0.25) is 14.5 Å². The van der Waals surface area contributed by atoms with Crippen molar-refractivity contribution in [1.82, 2.24) is 25.1 Å². The maximum atomic E-state index is 13.3. The number of rotatable bonds is 6. The Balaban J connectivity index is 1.24. The van der Waals surface area contributed by atoms with Crippen LogP contribution in [0.4, 0.5) is 10.1 Å². The molecule has 0 spiro atoms. The number of halogens is 1.